The zero-order chi connectivity index (χ0) is 15.9. The number of rotatable bonds is 5. The molecule has 0 aliphatic rings. The van der Waals surface area contributed by atoms with Crippen LogP contribution in [0.1, 0.15) is 22.8 Å². The number of nitrogens with zero attached hydrogens (tertiary/aromatic N) is 1. The van der Waals surface area contributed by atoms with Gasteiger partial charge < -0.3 is 4.74 Å². The number of amides is 1. The second-order valence-corrected chi connectivity index (χ2v) is 5.56. The first-order valence-corrected chi connectivity index (χ1v) is 7.79. The molecule has 0 fully saturated rings. The quantitative estimate of drug-likeness (QED) is 0.621. The van der Waals surface area contributed by atoms with Crippen LogP contribution in [0.3, 0.4) is 0 Å². The van der Waals surface area contributed by atoms with Crippen LogP contribution in [-0.2, 0) is 0 Å². The van der Waals surface area contributed by atoms with Gasteiger partial charge in [-0.1, -0.05) is 23.7 Å². The summed E-state index contributed by atoms with van der Waals surface area (Å²) in [5.74, 6) is 0.409. The summed E-state index contributed by atoms with van der Waals surface area (Å²) in [6.07, 6.45) is 1.55. The van der Waals surface area contributed by atoms with Crippen molar-refractivity contribution >= 4 is 39.7 Å². The van der Waals surface area contributed by atoms with Crippen molar-refractivity contribution in [1.82, 2.24) is 5.43 Å². The van der Waals surface area contributed by atoms with Crippen LogP contribution in [0.15, 0.2) is 52.0 Å². The lowest BCUT2D eigenvalue weighted by Gasteiger charge is -2.06. The maximum atomic E-state index is 11.9. The van der Waals surface area contributed by atoms with Crippen molar-refractivity contribution in [3.05, 3.63) is 63.1 Å². The second kappa shape index (κ2) is 7.96. The highest BCUT2D eigenvalue weighted by Crippen LogP contribution is 2.25. The van der Waals surface area contributed by atoms with E-state index >= 15 is 0 Å². The van der Waals surface area contributed by atoms with Gasteiger partial charge in [0.25, 0.3) is 5.91 Å². The van der Waals surface area contributed by atoms with Crippen LogP contribution in [0.5, 0.6) is 5.75 Å². The molecule has 0 spiro atoms. The van der Waals surface area contributed by atoms with Crippen molar-refractivity contribution in [3.63, 3.8) is 0 Å². The molecular formula is C16H14BrClN2O2. The molecule has 0 aliphatic heterocycles. The Hall–Kier alpha value is -1.85. The number of carbonyl (C=O) groups excluding carboxylic acids is 1. The van der Waals surface area contributed by atoms with E-state index in [1.54, 1.807) is 30.5 Å². The Morgan fingerprint density at radius 3 is 2.82 bits per heavy atom. The summed E-state index contributed by atoms with van der Waals surface area (Å²) in [6, 6.07) is 12.3. The first kappa shape index (κ1) is 16.5. The van der Waals surface area contributed by atoms with Gasteiger partial charge in [-0.3, -0.25) is 4.79 Å². The van der Waals surface area contributed by atoms with Gasteiger partial charge in [0.1, 0.15) is 5.75 Å². The summed E-state index contributed by atoms with van der Waals surface area (Å²) < 4.78 is 6.26. The Morgan fingerprint density at radius 2 is 2.14 bits per heavy atom. The van der Waals surface area contributed by atoms with E-state index in [1.165, 1.54) is 0 Å². The average Bonchev–Trinajstić information content (AvgIpc) is 2.50. The van der Waals surface area contributed by atoms with E-state index in [2.05, 4.69) is 26.5 Å². The first-order chi connectivity index (χ1) is 10.6. The highest BCUT2D eigenvalue weighted by atomic mass is 79.9. The predicted molar refractivity (Wildman–Crippen MR) is 91.8 cm³/mol. The normalized spacial score (nSPS) is 10.7. The third-order valence-electron chi connectivity index (χ3n) is 2.75. The molecule has 1 amide bonds. The third kappa shape index (κ3) is 4.32. The number of halogens is 2. The van der Waals surface area contributed by atoms with Gasteiger partial charge in [0.05, 0.1) is 27.9 Å². The van der Waals surface area contributed by atoms with Gasteiger partial charge in [0.15, 0.2) is 0 Å². The Bertz CT molecular complexity index is 704. The summed E-state index contributed by atoms with van der Waals surface area (Å²) in [5.41, 5.74) is 3.66. The Kier molecular flexibility index (Phi) is 5.98. The molecule has 6 heteroatoms. The van der Waals surface area contributed by atoms with Gasteiger partial charge >= 0.3 is 0 Å². The van der Waals surface area contributed by atoms with E-state index in [9.17, 15) is 4.79 Å². The third-order valence-corrected chi connectivity index (χ3v) is 3.70. The van der Waals surface area contributed by atoms with E-state index in [0.29, 0.717) is 17.2 Å². The van der Waals surface area contributed by atoms with E-state index in [1.807, 2.05) is 25.1 Å². The minimum Gasteiger partial charge on any atom is -0.493 e. The highest BCUT2D eigenvalue weighted by Gasteiger charge is 2.07. The average molecular weight is 382 g/mol. The summed E-state index contributed by atoms with van der Waals surface area (Å²) in [4.78, 5) is 11.9. The molecule has 4 nitrogen and oxygen atoms in total. The number of hydrogen-bond donors (Lipinski definition) is 1. The maximum Gasteiger partial charge on any atom is 0.272 e. The molecule has 0 aromatic heterocycles. The standard InChI is InChI=1S/C16H14BrClN2O2/c1-2-22-15-8-7-11(9-13(15)17)10-19-20-16(21)12-5-3-4-6-14(12)18/h3-10H,2H2,1H3,(H,20,21)/b19-10-. The van der Waals surface area contributed by atoms with E-state index in [4.69, 9.17) is 16.3 Å². The molecule has 2 aromatic carbocycles. The molecule has 1 N–H and O–H groups in total. The lowest BCUT2D eigenvalue weighted by atomic mass is 10.2. The fourth-order valence-corrected chi connectivity index (χ4v) is 2.47. The van der Waals surface area contributed by atoms with Crippen molar-refractivity contribution in [2.75, 3.05) is 6.61 Å². The molecule has 0 heterocycles. The lowest BCUT2D eigenvalue weighted by Crippen LogP contribution is -2.17. The van der Waals surface area contributed by atoms with Crippen LogP contribution in [0.25, 0.3) is 0 Å². The number of ether oxygens (including phenoxy) is 1. The molecule has 2 rings (SSSR count). The van der Waals surface area contributed by atoms with Crippen molar-refractivity contribution < 1.29 is 9.53 Å². The van der Waals surface area contributed by atoms with E-state index < -0.39 is 0 Å². The molecule has 0 unspecified atom stereocenters. The molecule has 22 heavy (non-hydrogen) atoms. The summed E-state index contributed by atoms with van der Waals surface area (Å²) >= 11 is 9.37. The predicted octanol–water partition coefficient (Wildman–Crippen LogP) is 4.27. The van der Waals surface area contributed by atoms with Crippen LogP contribution >= 0.6 is 27.5 Å². The van der Waals surface area contributed by atoms with Crippen LogP contribution in [0.4, 0.5) is 0 Å². The number of carbonyl (C=O) groups is 1. The van der Waals surface area contributed by atoms with E-state index in [-0.39, 0.29) is 5.91 Å². The van der Waals surface area contributed by atoms with Crippen molar-refractivity contribution in [2.45, 2.75) is 6.92 Å². The number of nitrogens with one attached hydrogen (secondary N) is 1. The van der Waals surface area contributed by atoms with Gasteiger partial charge in [0.2, 0.25) is 0 Å². The van der Waals surface area contributed by atoms with E-state index in [0.717, 1.165) is 15.8 Å². The number of hydrogen-bond acceptors (Lipinski definition) is 3. The Labute approximate surface area is 142 Å². The fourth-order valence-electron chi connectivity index (χ4n) is 1.74. The highest BCUT2D eigenvalue weighted by molar-refractivity contribution is 9.10. The fraction of sp³-hybridized carbons (Fsp3) is 0.125. The van der Waals surface area contributed by atoms with Crippen molar-refractivity contribution in [3.8, 4) is 5.75 Å². The number of hydrazone groups is 1. The van der Waals surface area contributed by atoms with Gasteiger partial charge in [-0.2, -0.15) is 5.10 Å². The van der Waals surface area contributed by atoms with Crippen molar-refractivity contribution in [2.24, 2.45) is 5.10 Å². The molecule has 0 radical (unpaired) electrons. The molecule has 114 valence electrons. The van der Waals surface area contributed by atoms with Crippen LogP contribution in [0.2, 0.25) is 5.02 Å². The molecule has 0 aliphatic carbocycles. The van der Waals surface area contributed by atoms with Crippen LogP contribution < -0.4 is 10.2 Å². The van der Waals surface area contributed by atoms with Crippen LogP contribution in [-0.4, -0.2) is 18.7 Å². The summed E-state index contributed by atoms with van der Waals surface area (Å²) in [6.45, 7) is 2.52. The number of benzene rings is 2. The zero-order valence-corrected chi connectivity index (χ0v) is 14.2. The second-order valence-electron chi connectivity index (χ2n) is 4.30. The largest absolute Gasteiger partial charge is 0.493 e. The SMILES string of the molecule is CCOc1ccc(/C=N\NC(=O)c2ccccc2Cl)cc1Br. The smallest absolute Gasteiger partial charge is 0.272 e. The first-order valence-electron chi connectivity index (χ1n) is 6.62. The Morgan fingerprint density at radius 1 is 1.36 bits per heavy atom. The summed E-state index contributed by atoms with van der Waals surface area (Å²) in [5, 5.41) is 4.32. The molecule has 0 atom stereocenters. The molecular weight excluding hydrogens is 368 g/mol. The topological polar surface area (TPSA) is 50.7 Å². The summed E-state index contributed by atoms with van der Waals surface area (Å²) in [7, 11) is 0. The van der Waals surface area contributed by atoms with Gasteiger partial charge in [-0.05, 0) is 58.7 Å². The minimum atomic E-state index is -0.355. The maximum absolute atomic E-state index is 11.9. The zero-order valence-electron chi connectivity index (χ0n) is 11.8. The molecule has 0 saturated carbocycles. The van der Waals surface area contributed by atoms with Gasteiger partial charge in [-0.15, -0.1) is 0 Å². The van der Waals surface area contributed by atoms with Crippen LogP contribution in [0, 0.1) is 0 Å². The van der Waals surface area contributed by atoms with Crippen molar-refractivity contribution in [1.29, 1.82) is 0 Å². The lowest BCUT2D eigenvalue weighted by molar-refractivity contribution is 0.0955. The molecule has 0 bridgehead atoms. The minimum absolute atomic E-state index is 0.355. The monoisotopic (exact) mass is 380 g/mol. The molecule has 2 aromatic rings. The van der Waals surface area contributed by atoms with Gasteiger partial charge in [-0.25, -0.2) is 5.43 Å². The van der Waals surface area contributed by atoms with Gasteiger partial charge in [0, 0.05) is 0 Å². The molecule has 0 saturated heterocycles. The Balaban J connectivity index is 2.02.